The Balaban J connectivity index is 1.32. The molecule has 1 heterocycles. The first-order valence-electron chi connectivity index (χ1n) is 11.0. The summed E-state index contributed by atoms with van der Waals surface area (Å²) in [5.41, 5.74) is 0.0706. The zero-order chi connectivity index (χ0) is 19.5. The molecule has 0 spiro atoms. The molecule has 4 aliphatic carbocycles. The molecular weight excluding hydrogens is 359 g/mol. The third-order valence-electron chi connectivity index (χ3n) is 9.03. The highest BCUT2D eigenvalue weighted by Gasteiger charge is 2.59. The fraction of sp³-hybridized carbons (Fsp3) is 0.905. The lowest BCUT2D eigenvalue weighted by molar-refractivity contribution is -0.165. The molecule has 4 aliphatic rings. The number of hydrogen-bond acceptors (Lipinski definition) is 5. The van der Waals surface area contributed by atoms with Crippen LogP contribution in [0, 0.1) is 40.9 Å². The van der Waals surface area contributed by atoms with Crippen molar-refractivity contribution in [2.75, 3.05) is 0 Å². The Morgan fingerprint density at radius 1 is 1.14 bits per heavy atom. The first-order chi connectivity index (χ1) is 13.4. The van der Waals surface area contributed by atoms with Gasteiger partial charge in [0.2, 0.25) is 5.85 Å². The largest absolute Gasteiger partial charge is 0.362 e. The minimum Gasteiger partial charge on any atom is -0.362 e. The van der Waals surface area contributed by atoms with Crippen molar-refractivity contribution in [3.63, 3.8) is 0 Å². The highest BCUT2D eigenvalue weighted by Crippen LogP contribution is 2.64. The lowest BCUT2D eigenvalue weighted by Crippen LogP contribution is -2.51. The van der Waals surface area contributed by atoms with Gasteiger partial charge in [-0.1, -0.05) is 6.92 Å². The third kappa shape index (κ3) is 2.92. The Kier molecular flexibility index (Phi) is 4.38. The summed E-state index contributed by atoms with van der Waals surface area (Å²) >= 11 is 0. The molecule has 4 fully saturated rings. The molecule has 0 saturated heterocycles. The van der Waals surface area contributed by atoms with Crippen molar-refractivity contribution in [3.8, 4) is 0 Å². The molecule has 28 heavy (non-hydrogen) atoms. The van der Waals surface area contributed by atoms with E-state index in [1.54, 1.807) is 0 Å². The van der Waals surface area contributed by atoms with Gasteiger partial charge in [-0.05, 0) is 85.2 Å². The van der Waals surface area contributed by atoms with Gasteiger partial charge in [0, 0.05) is 18.8 Å². The van der Waals surface area contributed by atoms with Crippen LogP contribution in [0.25, 0.3) is 0 Å². The zero-order valence-electron chi connectivity index (χ0n) is 16.6. The maximum absolute atomic E-state index is 14.1. The minimum absolute atomic E-state index is 0.0706. The first-order valence-corrected chi connectivity index (χ1v) is 11.0. The molecule has 0 aliphatic heterocycles. The van der Waals surface area contributed by atoms with Gasteiger partial charge in [-0.25, -0.2) is 4.39 Å². The lowest BCUT2D eigenvalue weighted by Gasteiger charge is -2.56. The van der Waals surface area contributed by atoms with E-state index < -0.39 is 5.85 Å². The molecule has 1 N–H and O–H groups in total. The predicted molar refractivity (Wildman–Crippen MR) is 99.5 cm³/mol. The smallest absolute Gasteiger partial charge is 0.207 e. The molecule has 6 nitrogen and oxygen atoms in total. The minimum atomic E-state index is -1.95. The number of halogens is 1. The van der Waals surface area contributed by atoms with E-state index in [-0.39, 0.29) is 23.7 Å². The maximum atomic E-state index is 14.1. The summed E-state index contributed by atoms with van der Waals surface area (Å²) in [4.78, 5) is 14.4. The van der Waals surface area contributed by atoms with Gasteiger partial charge in [-0.3, -0.25) is 4.79 Å². The van der Waals surface area contributed by atoms with Crippen molar-refractivity contribution in [2.24, 2.45) is 40.9 Å². The second-order valence-corrected chi connectivity index (χ2v) is 10.2. The van der Waals surface area contributed by atoms with Gasteiger partial charge in [0.05, 0.1) is 0 Å². The average molecular weight is 391 g/mol. The molecule has 4 saturated carbocycles. The van der Waals surface area contributed by atoms with Gasteiger partial charge in [-0.15, -0.1) is 10.2 Å². The zero-order valence-corrected chi connectivity index (χ0v) is 16.6. The second-order valence-electron chi connectivity index (χ2n) is 10.2. The van der Waals surface area contributed by atoms with E-state index in [1.807, 2.05) is 0 Å². The molecular formula is C21H31FN4O2. The molecule has 0 unspecified atom stereocenters. The lowest BCUT2D eigenvalue weighted by atomic mass is 9.49. The van der Waals surface area contributed by atoms with Crippen LogP contribution in [0.2, 0.25) is 0 Å². The number of carbonyl (C=O) groups is 1. The van der Waals surface area contributed by atoms with Crippen LogP contribution < -0.4 is 0 Å². The fourth-order valence-corrected chi connectivity index (χ4v) is 7.87. The Morgan fingerprint density at radius 3 is 2.75 bits per heavy atom. The van der Waals surface area contributed by atoms with Crippen molar-refractivity contribution < 1.29 is 14.3 Å². The Labute approximate surface area is 165 Å². The van der Waals surface area contributed by atoms with E-state index in [1.165, 1.54) is 11.1 Å². The van der Waals surface area contributed by atoms with Crippen molar-refractivity contribution in [1.82, 2.24) is 20.2 Å². The van der Waals surface area contributed by atoms with Crippen LogP contribution in [-0.4, -0.2) is 37.0 Å². The summed E-state index contributed by atoms with van der Waals surface area (Å²) < 4.78 is 14.1. The second kappa shape index (κ2) is 6.57. The highest BCUT2D eigenvalue weighted by molar-refractivity contribution is 5.81. The summed E-state index contributed by atoms with van der Waals surface area (Å²) in [5.74, 6) is 1.19. The Bertz CT molecular complexity index is 739. The highest BCUT2D eigenvalue weighted by atomic mass is 19.2. The SMILES string of the molecule is C[C@]12CC[C@H]3[C@@H](CC[C@H]4C[C@@](O)(F)CC[C@@H]43)[C@@H]1CC[C@@H]2C(=O)Cn1ncnn1. The summed E-state index contributed by atoms with van der Waals surface area (Å²) in [6.07, 6.45) is 9.32. The molecule has 1 aromatic heterocycles. The number of nitrogens with zero attached hydrogens (tertiary/aromatic N) is 4. The van der Waals surface area contributed by atoms with Crippen LogP contribution in [0.1, 0.15) is 64.7 Å². The van der Waals surface area contributed by atoms with Crippen molar-refractivity contribution in [3.05, 3.63) is 6.33 Å². The van der Waals surface area contributed by atoms with Crippen LogP contribution in [0.4, 0.5) is 4.39 Å². The molecule has 8 atom stereocenters. The number of fused-ring (bicyclic) bond motifs is 5. The van der Waals surface area contributed by atoms with E-state index in [0.717, 1.165) is 44.9 Å². The number of ketones is 1. The summed E-state index contributed by atoms with van der Waals surface area (Å²) in [5, 5.41) is 21.4. The van der Waals surface area contributed by atoms with Crippen LogP contribution >= 0.6 is 0 Å². The number of aliphatic hydroxyl groups is 1. The van der Waals surface area contributed by atoms with E-state index in [2.05, 4.69) is 22.3 Å². The summed E-state index contributed by atoms with van der Waals surface area (Å²) in [7, 11) is 0. The fourth-order valence-electron chi connectivity index (χ4n) is 7.87. The molecule has 0 aromatic carbocycles. The van der Waals surface area contributed by atoms with Gasteiger partial charge in [0.1, 0.15) is 6.54 Å². The molecule has 0 amide bonds. The average Bonchev–Trinajstić information content (AvgIpc) is 3.27. The molecule has 154 valence electrons. The Hall–Kier alpha value is -1.37. The van der Waals surface area contributed by atoms with Crippen LogP contribution in [0.3, 0.4) is 0 Å². The monoisotopic (exact) mass is 390 g/mol. The normalized spacial score (nSPS) is 47.8. The summed E-state index contributed by atoms with van der Waals surface area (Å²) in [6.45, 7) is 2.56. The Morgan fingerprint density at radius 2 is 1.96 bits per heavy atom. The number of aromatic nitrogens is 4. The first kappa shape index (κ1) is 18.6. The molecule has 0 bridgehead atoms. The quantitative estimate of drug-likeness (QED) is 0.857. The summed E-state index contributed by atoms with van der Waals surface area (Å²) in [6, 6.07) is 0. The van der Waals surface area contributed by atoms with Gasteiger partial charge in [0.15, 0.2) is 12.1 Å². The topological polar surface area (TPSA) is 80.9 Å². The molecule has 1 aromatic rings. The number of carbonyl (C=O) groups excluding carboxylic acids is 1. The van der Waals surface area contributed by atoms with Gasteiger partial charge >= 0.3 is 0 Å². The standard InChI is InChI=1S/C21H31FN4O2/c1-20-8-6-15-14-7-9-21(22,28)10-13(14)2-3-16(15)17(20)4-5-18(20)19(27)11-26-24-12-23-25-26/h12-18,28H,2-11H2,1H3/t13-,14-,15+,16+,17-,18+,20-,21+/m0/s1. The predicted octanol–water partition coefficient (Wildman–Crippen LogP) is 3.17. The van der Waals surface area contributed by atoms with Crippen molar-refractivity contribution in [2.45, 2.75) is 77.1 Å². The van der Waals surface area contributed by atoms with Crippen molar-refractivity contribution in [1.29, 1.82) is 0 Å². The van der Waals surface area contributed by atoms with Crippen LogP contribution in [0.15, 0.2) is 6.33 Å². The van der Waals surface area contributed by atoms with Crippen LogP contribution in [-0.2, 0) is 11.3 Å². The number of Topliss-reactive ketones (excluding diaryl/α,β-unsaturated/α-hetero) is 1. The maximum Gasteiger partial charge on any atom is 0.207 e. The molecule has 7 heteroatoms. The molecule has 0 radical (unpaired) electrons. The van der Waals surface area contributed by atoms with Gasteiger partial charge in [0.25, 0.3) is 0 Å². The van der Waals surface area contributed by atoms with E-state index >= 15 is 0 Å². The number of alkyl halides is 1. The van der Waals surface area contributed by atoms with E-state index in [4.69, 9.17) is 0 Å². The number of tetrazole rings is 1. The van der Waals surface area contributed by atoms with Crippen molar-refractivity contribution >= 4 is 5.78 Å². The van der Waals surface area contributed by atoms with E-state index in [9.17, 15) is 14.3 Å². The molecule has 5 rings (SSSR count). The van der Waals surface area contributed by atoms with Gasteiger partial charge in [-0.2, -0.15) is 4.80 Å². The van der Waals surface area contributed by atoms with E-state index in [0.29, 0.717) is 42.4 Å². The van der Waals surface area contributed by atoms with Crippen LogP contribution in [0.5, 0.6) is 0 Å². The third-order valence-corrected chi connectivity index (χ3v) is 9.03. The number of hydrogen-bond donors (Lipinski definition) is 1. The number of rotatable bonds is 3. The van der Waals surface area contributed by atoms with Gasteiger partial charge < -0.3 is 5.11 Å².